The first kappa shape index (κ1) is 28.3. The van der Waals surface area contributed by atoms with Crippen LogP contribution in [0.3, 0.4) is 0 Å². The van der Waals surface area contributed by atoms with Gasteiger partial charge in [0.05, 0.1) is 11.9 Å². The Morgan fingerprint density at radius 1 is 1.03 bits per heavy atom. The minimum atomic E-state index is -3.61. The third-order valence-electron chi connectivity index (χ3n) is 6.38. The highest BCUT2D eigenvalue weighted by atomic mass is 32.2. The van der Waals surface area contributed by atoms with Gasteiger partial charge < -0.3 is 19.7 Å². The highest BCUT2D eigenvalue weighted by Crippen LogP contribution is 2.36. The molecule has 0 bridgehead atoms. The zero-order valence-corrected chi connectivity index (χ0v) is 22.8. The zero-order valence-electron chi connectivity index (χ0n) is 22.0. The molecule has 1 N–H and O–H groups in total. The van der Waals surface area contributed by atoms with Gasteiger partial charge in [-0.1, -0.05) is 44.2 Å². The number of hydrogen-bond acceptors (Lipinski definition) is 6. The lowest BCUT2D eigenvalue weighted by atomic mass is 10.1. The standard InChI is InChI=1S/C27H37N3O6S/c1-5-20(3)28-27(32)23(6-2)29(18-21-11-8-7-9-12-21)26(31)13-10-16-30(37(4,33)34)22-14-15-24-25(17-22)36-19-35-24/h7-9,11-12,14-15,17,20,23H,5-6,10,13,16,18-19H2,1-4H3,(H,28,32)/t20-,23+/m1/s1. The molecule has 1 aliphatic rings. The maximum absolute atomic E-state index is 13.5. The number of carbonyl (C=O) groups excluding carboxylic acids is 2. The number of hydrogen-bond donors (Lipinski definition) is 1. The Labute approximate surface area is 219 Å². The number of fused-ring (bicyclic) bond motifs is 1. The van der Waals surface area contributed by atoms with Crippen LogP contribution in [0, 0.1) is 0 Å². The Bertz CT molecular complexity index is 1170. The van der Waals surface area contributed by atoms with Crippen molar-refractivity contribution in [1.29, 1.82) is 0 Å². The van der Waals surface area contributed by atoms with E-state index in [4.69, 9.17) is 9.47 Å². The highest BCUT2D eigenvalue weighted by Gasteiger charge is 2.29. The highest BCUT2D eigenvalue weighted by molar-refractivity contribution is 7.92. The van der Waals surface area contributed by atoms with Crippen molar-refractivity contribution in [3.63, 3.8) is 0 Å². The van der Waals surface area contributed by atoms with Crippen LogP contribution in [-0.4, -0.2) is 56.8 Å². The number of carbonyl (C=O) groups is 2. The number of nitrogens with zero attached hydrogens (tertiary/aromatic N) is 2. The third kappa shape index (κ3) is 7.61. The SMILES string of the molecule is CC[C@@H](C)NC(=O)[C@H](CC)N(Cc1ccccc1)C(=O)CCCN(c1ccc2c(c1)OCO2)S(C)(=O)=O. The van der Waals surface area contributed by atoms with Crippen LogP contribution in [0.15, 0.2) is 48.5 Å². The van der Waals surface area contributed by atoms with E-state index in [1.165, 1.54) is 4.31 Å². The Morgan fingerprint density at radius 3 is 2.38 bits per heavy atom. The van der Waals surface area contributed by atoms with E-state index in [2.05, 4.69) is 5.32 Å². The molecule has 37 heavy (non-hydrogen) atoms. The number of anilines is 1. The summed E-state index contributed by atoms with van der Waals surface area (Å²) in [5.41, 5.74) is 1.36. The van der Waals surface area contributed by atoms with Crippen LogP contribution in [0.1, 0.15) is 52.0 Å². The van der Waals surface area contributed by atoms with Crippen molar-refractivity contribution in [2.75, 3.05) is 23.9 Å². The largest absolute Gasteiger partial charge is 0.454 e. The van der Waals surface area contributed by atoms with Gasteiger partial charge in [0, 0.05) is 31.6 Å². The van der Waals surface area contributed by atoms with Crippen LogP contribution in [0.25, 0.3) is 0 Å². The lowest BCUT2D eigenvalue weighted by Crippen LogP contribution is -2.50. The van der Waals surface area contributed by atoms with Crippen LogP contribution in [0.2, 0.25) is 0 Å². The second-order valence-electron chi connectivity index (χ2n) is 9.23. The summed E-state index contributed by atoms with van der Waals surface area (Å²) in [7, 11) is -3.61. The van der Waals surface area contributed by atoms with Crippen LogP contribution < -0.4 is 19.1 Å². The van der Waals surface area contributed by atoms with Gasteiger partial charge in [0.15, 0.2) is 11.5 Å². The predicted molar refractivity (Wildman–Crippen MR) is 143 cm³/mol. The molecular weight excluding hydrogens is 494 g/mol. The molecule has 3 rings (SSSR count). The van der Waals surface area contributed by atoms with Crippen LogP contribution >= 0.6 is 0 Å². The van der Waals surface area contributed by atoms with Gasteiger partial charge in [-0.25, -0.2) is 8.42 Å². The number of sulfonamides is 1. The topological polar surface area (TPSA) is 105 Å². The molecule has 0 aromatic heterocycles. The van der Waals surface area contributed by atoms with E-state index in [0.717, 1.165) is 18.2 Å². The number of ether oxygens (including phenoxy) is 2. The molecule has 2 amide bonds. The Hall–Kier alpha value is -3.27. The molecule has 0 saturated carbocycles. The van der Waals surface area contributed by atoms with Crippen LogP contribution in [0.4, 0.5) is 5.69 Å². The molecule has 2 aromatic rings. The average Bonchev–Trinajstić information content (AvgIpc) is 3.34. The molecule has 2 atom stereocenters. The first-order valence-corrected chi connectivity index (χ1v) is 14.5. The second kappa shape index (κ2) is 12.8. The van der Waals surface area contributed by atoms with Crippen molar-refractivity contribution < 1.29 is 27.5 Å². The van der Waals surface area contributed by atoms with Gasteiger partial charge in [0.1, 0.15) is 6.04 Å². The summed E-state index contributed by atoms with van der Waals surface area (Å²) in [6.07, 6.45) is 2.77. The van der Waals surface area contributed by atoms with Crippen molar-refractivity contribution in [1.82, 2.24) is 10.2 Å². The number of nitrogens with one attached hydrogen (secondary N) is 1. The molecule has 202 valence electrons. The molecule has 1 aliphatic heterocycles. The van der Waals surface area contributed by atoms with E-state index in [0.29, 0.717) is 30.2 Å². The zero-order chi connectivity index (χ0) is 27.0. The first-order valence-electron chi connectivity index (χ1n) is 12.6. The summed E-state index contributed by atoms with van der Waals surface area (Å²) in [6, 6.07) is 13.9. The fourth-order valence-electron chi connectivity index (χ4n) is 4.18. The van der Waals surface area contributed by atoms with Crippen molar-refractivity contribution in [2.24, 2.45) is 0 Å². The second-order valence-corrected chi connectivity index (χ2v) is 11.1. The van der Waals surface area contributed by atoms with Gasteiger partial charge in [-0.2, -0.15) is 0 Å². The number of amides is 2. The Kier molecular flexibility index (Phi) is 9.79. The lowest BCUT2D eigenvalue weighted by Gasteiger charge is -2.32. The van der Waals surface area contributed by atoms with E-state index < -0.39 is 16.1 Å². The molecular formula is C27H37N3O6S. The molecule has 2 aromatic carbocycles. The summed E-state index contributed by atoms with van der Waals surface area (Å²) in [5.74, 6) is 0.660. The van der Waals surface area contributed by atoms with E-state index in [1.54, 1.807) is 23.1 Å². The molecule has 0 fully saturated rings. The molecule has 0 spiro atoms. The fourth-order valence-corrected chi connectivity index (χ4v) is 5.14. The molecule has 0 radical (unpaired) electrons. The minimum absolute atomic E-state index is 0.000229. The maximum atomic E-state index is 13.5. The molecule has 9 nitrogen and oxygen atoms in total. The predicted octanol–water partition coefficient (Wildman–Crippen LogP) is 3.68. The normalized spacial score (nSPS) is 14.1. The molecule has 0 unspecified atom stereocenters. The van der Waals surface area contributed by atoms with E-state index in [-0.39, 0.29) is 44.0 Å². The minimum Gasteiger partial charge on any atom is -0.454 e. The maximum Gasteiger partial charge on any atom is 0.243 e. The van der Waals surface area contributed by atoms with Gasteiger partial charge in [0.2, 0.25) is 28.6 Å². The smallest absolute Gasteiger partial charge is 0.243 e. The van der Waals surface area contributed by atoms with Crippen molar-refractivity contribution in [3.05, 3.63) is 54.1 Å². The fraction of sp³-hybridized carbons (Fsp3) is 0.481. The molecule has 0 aliphatic carbocycles. The number of benzene rings is 2. The van der Waals surface area contributed by atoms with Gasteiger partial charge in [-0.05, 0) is 43.9 Å². The Balaban J connectivity index is 1.75. The van der Waals surface area contributed by atoms with E-state index >= 15 is 0 Å². The molecule has 0 saturated heterocycles. The van der Waals surface area contributed by atoms with Crippen molar-refractivity contribution >= 4 is 27.5 Å². The van der Waals surface area contributed by atoms with Gasteiger partial charge in [0.25, 0.3) is 0 Å². The molecule has 10 heteroatoms. The average molecular weight is 532 g/mol. The third-order valence-corrected chi connectivity index (χ3v) is 7.57. The van der Waals surface area contributed by atoms with Crippen molar-refractivity contribution in [3.8, 4) is 11.5 Å². The Morgan fingerprint density at radius 2 is 1.73 bits per heavy atom. The summed E-state index contributed by atoms with van der Waals surface area (Å²) < 4.78 is 37.1. The summed E-state index contributed by atoms with van der Waals surface area (Å²) >= 11 is 0. The summed E-state index contributed by atoms with van der Waals surface area (Å²) in [6.45, 7) is 6.31. The van der Waals surface area contributed by atoms with Crippen molar-refractivity contribution in [2.45, 2.75) is 65.1 Å². The monoisotopic (exact) mass is 531 g/mol. The van der Waals surface area contributed by atoms with Gasteiger partial charge >= 0.3 is 0 Å². The summed E-state index contributed by atoms with van der Waals surface area (Å²) in [5, 5.41) is 3.00. The summed E-state index contributed by atoms with van der Waals surface area (Å²) in [4.78, 5) is 28.1. The van der Waals surface area contributed by atoms with E-state index in [9.17, 15) is 18.0 Å². The number of rotatable bonds is 13. The lowest BCUT2D eigenvalue weighted by molar-refractivity contribution is -0.141. The quantitative estimate of drug-likeness (QED) is 0.423. The van der Waals surface area contributed by atoms with Gasteiger partial charge in [-0.15, -0.1) is 0 Å². The first-order chi connectivity index (χ1) is 17.6. The molecule has 1 heterocycles. The van der Waals surface area contributed by atoms with E-state index in [1.807, 2.05) is 51.1 Å². The van der Waals surface area contributed by atoms with Crippen LogP contribution in [-0.2, 0) is 26.2 Å². The van der Waals surface area contributed by atoms with Crippen LogP contribution in [0.5, 0.6) is 11.5 Å². The van der Waals surface area contributed by atoms with Gasteiger partial charge in [-0.3, -0.25) is 13.9 Å².